The van der Waals surface area contributed by atoms with Gasteiger partial charge in [-0.05, 0) is 50.2 Å². The number of phenolic OH excluding ortho intramolecular Hbond substituents is 1. The van der Waals surface area contributed by atoms with E-state index in [4.69, 9.17) is 9.47 Å². The van der Waals surface area contributed by atoms with Crippen molar-refractivity contribution in [3.05, 3.63) is 53.6 Å². The van der Waals surface area contributed by atoms with Gasteiger partial charge in [0.05, 0.1) is 13.2 Å². The monoisotopic (exact) mass is 384 g/mol. The molecule has 0 saturated carbocycles. The Bertz CT molecular complexity index is 844. The highest BCUT2D eigenvalue weighted by atomic mass is 16.5. The maximum absolute atomic E-state index is 12.3. The number of amides is 1. The number of phenols is 1. The SMILES string of the molecule is Cc1ccc(O)c(C(=O)O[C@H](C)C(=O)Nc2ccc(N3CCOCC3)cc2)c1. The Balaban J connectivity index is 1.57. The molecule has 7 nitrogen and oxygen atoms in total. The molecule has 0 aliphatic carbocycles. The summed E-state index contributed by atoms with van der Waals surface area (Å²) in [6, 6.07) is 12.1. The number of benzene rings is 2. The highest BCUT2D eigenvalue weighted by Crippen LogP contribution is 2.21. The smallest absolute Gasteiger partial charge is 0.342 e. The molecule has 2 aromatic carbocycles. The van der Waals surface area contributed by atoms with Gasteiger partial charge < -0.3 is 24.8 Å². The van der Waals surface area contributed by atoms with E-state index in [-0.39, 0.29) is 11.3 Å². The van der Waals surface area contributed by atoms with Gasteiger partial charge in [0.15, 0.2) is 6.10 Å². The number of aromatic hydroxyl groups is 1. The van der Waals surface area contributed by atoms with Crippen LogP contribution in [-0.2, 0) is 14.3 Å². The van der Waals surface area contributed by atoms with Crippen molar-refractivity contribution in [1.29, 1.82) is 0 Å². The molecule has 1 fully saturated rings. The minimum Gasteiger partial charge on any atom is -0.507 e. The number of nitrogens with one attached hydrogen (secondary N) is 1. The standard InChI is InChI=1S/C21H24N2O5/c1-14-3-8-19(24)18(13-14)21(26)28-15(2)20(25)22-16-4-6-17(7-5-16)23-9-11-27-12-10-23/h3-8,13,15,24H,9-12H2,1-2H3,(H,22,25)/t15-/m1/s1. The Morgan fingerprint density at radius 1 is 1.14 bits per heavy atom. The third kappa shape index (κ3) is 4.80. The lowest BCUT2D eigenvalue weighted by Crippen LogP contribution is -2.36. The molecule has 1 aliphatic heterocycles. The largest absolute Gasteiger partial charge is 0.507 e. The first-order valence-corrected chi connectivity index (χ1v) is 9.18. The first-order chi connectivity index (χ1) is 13.4. The van der Waals surface area contributed by atoms with Gasteiger partial charge in [0.25, 0.3) is 5.91 Å². The lowest BCUT2D eigenvalue weighted by Gasteiger charge is -2.28. The maximum Gasteiger partial charge on any atom is 0.342 e. The molecule has 1 heterocycles. The average Bonchev–Trinajstić information content (AvgIpc) is 2.71. The Morgan fingerprint density at radius 3 is 2.50 bits per heavy atom. The van der Waals surface area contributed by atoms with E-state index < -0.39 is 18.0 Å². The van der Waals surface area contributed by atoms with Crippen LogP contribution in [-0.4, -0.2) is 49.4 Å². The molecule has 2 aromatic rings. The van der Waals surface area contributed by atoms with Crippen molar-refractivity contribution in [2.24, 2.45) is 0 Å². The number of morpholine rings is 1. The van der Waals surface area contributed by atoms with Crippen LogP contribution < -0.4 is 10.2 Å². The van der Waals surface area contributed by atoms with Gasteiger partial charge in [0.1, 0.15) is 11.3 Å². The summed E-state index contributed by atoms with van der Waals surface area (Å²) in [6.45, 7) is 6.37. The van der Waals surface area contributed by atoms with Crippen LogP contribution in [0, 0.1) is 6.92 Å². The van der Waals surface area contributed by atoms with Gasteiger partial charge in [-0.3, -0.25) is 4.79 Å². The van der Waals surface area contributed by atoms with E-state index in [1.54, 1.807) is 13.0 Å². The summed E-state index contributed by atoms with van der Waals surface area (Å²) in [7, 11) is 0. The lowest BCUT2D eigenvalue weighted by atomic mass is 10.1. The van der Waals surface area contributed by atoms with Crippen LogP contribution in [0.25, 0.3) is 0 Å². The minimum absolute atomic E-state index is 0.0366. The number of nitrogens with zero attached hydrogens (tertiary/aromatic N) is 1. The Labute approximate surface area is 163 Å². The molecular weight excluding hydrogens is 360 g/mol. The zero-order valence-corrected chi connectivity index (χ0v) is 16.0. The van der Waals surface area contributed by atoms with E-state index in [2.05, 4.69) is 10.2 Å². The van der Waals surface area contributed by atoms with E-state index in [9.17, 15) is 14.7 Å². The second-order valence-electron chi connectivity index (χ2n) is 6.70. The highest BCUT2D eigenvalue weighted by molar-refractivity contribution is 5.98. The van der Waals surface area contributed by atoms with Crippen LogP contribution in [0.2, 0.25) is 0 Å². The number of hydrogen-bond donors (Lipinski definition) is 2. The maximum atomic E-state index is 12.3. The predicted molar refractivity (Wildman–Crippen MR) is 106 cm³/mol. The van der Waals surface area contributed by atoms with Gasteiger partial charge in [-0.15, -0.1) is 0 Å². The Morgan fingerprint density at radius 2 is 1.82 bits per heavy atom. The summed E-state index contributed by atoms with van der Waals surface area (Å²) >= 11 is 0. The first-order valence-electron chi connectivity index (χ1n) is 9.18. The third-order valence-corrected chi connectivity index (χ3v) is 4.54. The summed E-state index contributed by atoms with van der Waals surface area (Å²) < 4.78 is 10.5. The number of carbonyl (C=O) groups excluding carboxylic acids is 2. The summed E-state index contributed by atoms with van der Waals surface area (Å²) in [5, 5.41) is 12.5. The molecule has 1 amide bonds. The van der Waals surface area contributed by atoms with E-state index >= 15 is 0 Å². The fraction of sp³-hybridized carbons (Fsp3) is 0.333. The van der Waals surface area contributed by atoms with E-state index in [0.29, 0.717) is 18.9 Å². The van der Waals surface area contributed by atoms with Crippen molar-refractivity contribution in [3.63, 3.8) is 0 Å². The topological polar surface area (TPSA) is 88.1 Å². The van der Waals surface area contributed by atoms with Crippen LogP contribution in [0.15, 0.2) is 42.5 Å². The Hall–Kier alpha value is -3.06. The number of carbonyl (C=O) groups is 2. The number of hydrogen-bond acceptors (Lipinski definition) is 6. The number of ether oxygens (including phenoxy) is 2. The second kappa shape index (κ2) is 8.75. The zero-order valence-electron chi connectivity index (χ0n) is 16.0. The third-order valence-electron chi connectivity index (χ3n) is 4.54. The molecule has 2 N–H and O–H groups in total. The van der Waals surface area contributed by atoms with Gasteiger partial charge in [0.2, 0.25) is 0 Å². The molecule has 0 unspecified atom stereocenters. The van der Waals surface area contributed by atoms with Crippen LogP contribution in [0.5, 0.6) is 5.75 Å². The molecule has 1 saturated heterocycles. The lowest BCUT2D eigenvalue weighted by molar-refractivity contribution is -0.123. The molecule has 0 bridgehead atoms. The molecule has 148 valence electrons. The first kappa shape index (κ1) is 19.7. The minimum atomic E-state index is -1.01. The molecule has 3 rings (SSSR count). The van der Waals surface area contributed by atoms with Crippen LogP contribution in [0.3, 0.4) is 0 Å². The Kier molecular flexibility index (Phi) is 6.16. The van der Waals surface area contributed by atoms with Gasteiger partial charge in [-0.1, -0.05) is 11.6 Å². The van der Waals surface area contributed by atoms with Gasteiger partial charge in [-0.25, -0.2) is 4.79 Å². The van der Waals surface area contributed by atoms with Crippen LogP contribution in [0.1, 0.15) is 22.8 Å². The fourth-order valence-electron chi connectivity index (χ4n) is 2.91. The molecule has 7 heteroatoms. The average molecular weight is 384 g/mol. The summed E-state index contributed by atoms with van der Waals surface area (Å²) in [5.74, 6) is -1.37. The highest BCUT2D eigenvalue weighted by Gasteiger charge is 2.21. The van der Waals surface area contributed by atoms with Crippen LogP contribution >= 0.6 is 0 Å². The van der Waals surface area contributed by atoms with Crippen molar-refractivity contribution >= 4 is 23.3 Å². The molecular formula is C21H24N2O5. The second-order valence-corrected chi connectivity index (χ2v) is 6.70. The van der Waals surface area contributed by atoms with Crippen LogP contribution in [0.4, 0.5) is 11.4 Å². The van der Waals surface area contributed by atoms with Crippen molar-refractivity contribution in [2.45, 2.75) is 20.0 Å². The number of rotatable bonds is 5. The van der Waals surface area contributed by atoms with E-state index in [0.717, 1.165) is 24.3 Å². The van der Waals surface area contributed by atoms with Crippen molar-refractivity contribution < 1.29 is 24.2 Å². The normalized spacial score (nSPS) is 15.0. The number of aryl methyl sites for hydroxylation is 1. The zero-order chi connectivity index (χ0) is 20.1. The quantitative estimate of drug-likeness (QED) is 0.771. The molecule has 0 spiro atoms. The van der Waals surface area contributed by atoms with Crippen molar-refractivity contribution in [3.8, 4) is 5.75 Å². The molecule has 28 heavy (non-hydrogen) atoms. The molecule has 1 aliphatic rings. The van der Waals surface area contributed by atoms with E-state index in [1.165, 1.54) is 19.1 Å². The summed E-state index contributed by atoms with van der Waals surface area (Å²) in [6.07, 6.45) is -1.01. The number of esters is 1. The molecule has 1 atom stereocenters. The van der Waals surface area contributed by atoms with Gasteiger partial charge in [0, 0.05) is 24.5 Å². The summed E-state index contributed by atoms with van der Waals surface area (Å²) in [4.78, 5) is 26.8. The van der Waals surface area contributed by atoms with Gasteiger partial charge in [-0.2, -0.15) is 0 Å². The van der Waals surface area contributed by atoms with Crippen molar-refractivity contribution in [2.75, 3.05) is 36.5 Å². The predicted octanol–water partition coefficient (Wildman–Crippen LogP) is 2.72. The summed E-state index contributed by atoms with van der Waals surface area (Å²) in [5.41, 5.74) is 2.52. The fourth-order valence-corrected chi connectivity index (χ4v) is 2.91. The molecule has 0 radical (unpaired) electrons. The molecule has 0 aromatic heterocycles. The number of anilines is 2. The van der Waals surface area contributed by atoms with Gasteiger partial charge >= 0.3 is 5.97 Å². The van der Waals surface area contributed by atoms with Crippen molar-refractivity contribution in [1.82, 2.24) is 0 Å². The van der Waals surface area contributed by atoms with E-state index in [1.807, 2.05) is 24.3 Å².